The molecule has 6 aliphatic carbocycles. The van der Waals surface area contributed by atoms with Crippen molar-refractivity contribution in [3.63, 3.8) is 0 Å². The molecule has 18 rings (SSSR count). The Balaban J connectivity index is 0.000000136. The fraction of sp³-hybridized carbons (Fsp3) is 0.314. The Morgan fingerprint density at radius 1 is 0.275 bits per heavy atom. The Kier molecular flexibility index (Phi) is 28.5. The van der Waals surface area contributed by atoms with E-state index in [9.17, 15) is 0 Å². The molecule has 0 radical (unpaired) electrons. The van der Waals surface area contributed by atoms with E-state index in [1.165, 1.54) is 332 Å². The van der Waals surface area contributed by atoms with E-state index in [2.05, 4.69) is 281 Å². The predicted octanol–water partition coefficient (Wildman–Crippen LogP) is 33.7. The van der Waals surface area contributed by atoms with Gasteiger partial charge in [0.05, 0.1) is 35.2 Å². The van der Waals surface area contributed by atoms with Crippen molar-refractivity contribution in [3.05, 3.63) is 311 Å². The molecule has 6 aliphatic rings. The number of aryl methyl sites for hydroxylation is 10. The van der Waals surface area contributed by atoms with Crippen molar-refractivity contribution in [1.29, 1.82) is 0 Å². The van der Waals surface area contributed by atoms with Crippen LogP contribution in [0.3, 0.4) is 0 Å². The normalized spacial score (nSPS) is 15.0. The Hall–Kier alpha value is -8.58. The van der Waals surface area contributed by atoms with E-state index in [1.54, 1.807) is 0 Å². The highest BCUT2D eigenvalue weighted by Crippen LogP contribution is 2.50. The van der Waals surface area contributed by atoms with Crippen LogP contribution in [0.5, 0.6) is 0 Å². The zero-order valence-electron chi connectivity index (χ0n) is 71.1. The van der Waals surface area contributed by atoms with Crippen LogP contribution in [-0.2, 0) is 25.7 Å². The molecule has 6 bridgehead atoms. The molecule has 15 heteroatoms. The number of hydrogen-bond donors (Lipinski definition) is 0. The van der Waals surface area contributed by atoms with E-state index in [-0.39, 0.29) is 0 Å². The van der Waals surface area contributed by atoms with E-state index >= 15 is 0 Å². The van der Waals surface area contributed by atoms with Gasteiger partial charge in [-0.3, -0.25) is 0 Å². The molecule has 0 spiro atoms. The first kappa shape index (κ1) is 85.0. The maximum atomic E-state index is 4.76. The molecule has 6 nitrogen and oxygen atoms in total. The molecule has 9 aromatic heterocycles. The predicted molar refractivity (Wildman–Crippen MR) is 533 cm³/mol. The molecule has 0 atom stereocenters. The monoisotopic (exact) mass is 1740 g/mol. The minimum Gasteiger partial charge on any atom is -0.173 e. The van der Waals surface area contributed by atoms with Gasteiger partial charge in [0, 0.05) is 75.2 Å². The second-order valence-electron chi connectivity index (χ2n) is 32.6. The average molecular weight is 1740 g/mol. The lowest BCUT2D eigenvalue weighted by molar-refractivity contribution is 0.666. The molecule has 12 aromatic rings. The Bertz CT molecular complexity index is 6280. The Morgan fingerprint density at radius 2 is 0.683 bits per heavy atom. The van der Waals surface area contributed by atoms with Gasteiger partial charge in [-0.05, 0) is 267 Å². The molecule has 0 saturated carbocycles. The van der Waals surface area contributed by atoms with Crippen molar-refractivity contribution in [1.82, 2.24) is 26.2 Å². The second-order valence-corrected chi connectivity index (χ2v) is 41.2. The van der Waals surface area contributed by atoms with Crippen molar-refractivity contribution in [2.45, 2.75) is 217 Å². The zero-order chi connectivity index (χ0) is 82.6. The average Bonchev–Trinajstić information content (AvgIpc) is 1.48. The molecular formula is C105H108N6S9. The summed E-state index contributed by atoms with van der Waals surface area (Å²) in [5, 5.41) is 0. The van der Waals surface area contributed by atoms with Crippen LogP contribution in [-0.4, -0.2) is 26.2 Å². The fourth-order valence-corrected chi connectivity index (χ4v) is 26.0. The minimum absolute atomic E-state index is 0.944. The van der Waals surface area contributed by atoms with Gasteiger partial charge >= 0.3 is 0 Å². The number of benzene rings is 3. The van der Waals surface area contributed by atoms with Gasteiger partial charge in [-0.1, -0.05) is 251 Å². The zero-order valence-corrected chi connectivity index (χ0v) is 78.4. The van der Waals surface area contributed by atoms with Crippen molar-refractivity contribution < 1.29 is 0 Å². The number of nitrogens with zero attached hydrogens (tertiary/aromatic N) is 6. The summed E-state index contributed by atoms with van der Waals surface area (Å²) in [7, 11) is 0. The highest BCUT2D eigenvalue weighted by molar-refractivity contribution is 7.18. The molecule has 9 heterocycles. The smallest absolute Gasteiger partial charge is 0.113 e. The van der Waals surface area contributed by atoms with Gasteiger partial charge in [0.1, 0.15) is 33.1 Å². The summed E-state index contributed by atoms with van der Waals surface area (Å²) in [5.41, 5.74) is 36.0. The summed E-state index contributed by atoms with van der Waals surface area (Å²) in [6.45, 7) is 22.3. The van der Waals surface area contributed by atoms with Gasteiger partial charge in [0.25, 0.3) is 0 Å². The number of rotatable bonds is 29. The highest BCUT2D eigenvalue weighted by atomic mass is 32.1. The van der Waals surface area contributed by atoms with Gasteiger partial charge in [0.15, 0.2) is 0 Å². The van der Waals surface area contributed by atoms with Gasteiger partial charge in [-0.2, -0.15) is 26.2 Å². The lowest BCUT2D eigenvalue weighted by atomic mass is 9.93. The number of fused-ring (bicyclic) bond motifs is 9. The summed E-state index contributed by atoms with van der Waals surface area (Å²) in [4.78, 5) is 16.5. The lowest BCUT2D eigenvalue weighted by Crippen LogP contribution is -1.94. The Morgan fingerprint density at radius 3 is 1.23 bits per heavy atom. The van der Waals surface area contributed by atoms with Crippen LogP contribution < -0.4 is 0 Å². The van der Waals surface area contributed by atoms with E-state index in [0.29, 0.717) is 0 Å². The van der Waals surface area contributed by atoms with Crippen LogP contribution in [0.25, 0.3) is 97.9 Å². The molecular weight excluding hydrogens is 1630 g/mol. The number of aromatic nitrogens is 6. The number of thiophene rings is 6. The summed E-state index contributed by atoms with van der Waals surface area (Å²) < 4.78 is 27.8. The first-order valence-electron chi connectivity index (χ1n) is 43.6. The maximum Gasteiger partial charge on any atom is 0.113 e. The number of allylic oxidation sites excluding steroid dienone is 30. The molecule has 0 saturated heterocycles. The third-order valence-corrected chi connectivity index (χ3v) is 32.4. The topological polar surface area (TPSA) is 77.3 Å². The molecule has 120 heavy (non-hydrogen) atoms. The van der Waals surface area contributed by atoms with Crippen molar-refractivity contribution in [3.8, 4) is 31.3 Å². The number of hydrogen-bond acceptors (Lipinski definition) is 15. The van der Waals surface area contributed by atoms with E-state index < -0.39 is 0 Å². The quantitative estimate of drug-likeness (QED) is 0.0435. The van der Waals surface area contributed by atoms with Crippen LogP contribution in [0.15, 0.2) is 228 Å². The first-order valence-corrected chi connectivity index (χ1v) is 50.7. The molecule has 0 aliphatic heterocycles. The molecule has 3 aromatic carbocycles. The molecule has 612 valence electrons. The SMILES string of the molecule is CCCCCCc1cc(C)sc1C1=CC=CC2=C(c3sc(-c4ccc(C)c5nsnc45)cc3CCCCCC)C=CC=C1C2.CCCCCCc1cc(C2=CC=CC3=C(c4cc(CCCCCC)c(-c5ccc(C)c6nsnc56)s4)C=CC=C2C3)sc1C.Cc1ccc(C2=CC=CC3=C(c4ccc(-c5ccc(C)c6nsnc56)s4)C=CC=C2C3)s1. The van der Waals surface area contributed by atoms with Gasteiger partial charge < -0.3 is 0 Å². The summed E-state index contributed by atoms with van der Waals surface area (Å²) in [6, 6.07) is 32.0. The Labute approximate surface area is 747 Å². The molecule has 0 fully saturated rings. The van der Waals surface area contributed by atoms with Crippen LogP contribution in [0, 0.1) is 41.5 Å². The van der Waals surface area contributed by atoms with Crippen LogP contribution in [0.1, 0.15) is 233 Å². The number of unbranched alkanes of at least 4 members (excludes halogenated alkanes) is 12. The lowest BCUT2D eigenvalue weighted by Gasteiger charge is -2.13. The molecule has 0 amide bonds. The largest absolute Gasteiger partial charge is 0.173 e. The van der Waals surface area contributed by atoms with E-state index in [1.807, 2.05) is 68.0 Å². The third-order valence-electron chi connectivity index (χ3n) is 23.9. The molecule has 0 N–H and O–H groups in total. The van der Waals surface area contributed by atoms with Crippen LogP contribution in [0.4, 0.5) is 0 Å². The highest BCUT2D eigenvalue weighted by Gasteiger charge is 2.28. The first-order chi connectivity index (χ1) is 58.8. The summed E-state index contributed by atoms with van der Waals surface area (Å²) in [6.07, 6.45) is 69.7. The van der Waals surface area contributed by atoms with Gasteiger partial charge in [0.2, 0.25) is 0 Å². The van der Waals surface area contributed by atoms with E-state index in [4.69, 9.17) is 8.75 Å². The van der Waals surface area contributed by atoms with Crippen LogP contribution >= 0.6 is 103 Å². The minimum atomic E-state index is 0.944. The standard InChI is InChI=1S/2C39H44N2S3.C27H20N2S3/c1-5-7-9-11-15-28-24-35(42-27(28)4)32-19-13-18-30-23-29(32)17-14-20-33(30)36-25-31(16-12-10-8-6-2)39(43-36)34-22-21-26(3)37-38(34)41-44-40-37;1-5-7-9-11-15-30-23-27(4)42-38(30)32-19-13-18-29-24-28(32)17-14-20-33(29)39-31(16-12-10-8-6-2)25-35(43-39)34-22-21-26(3)36-37(34)41-44-40-36;1-16-9-11-22(27-26(16)28-32-29-27)25-14-13-24(31-25)21-8-4-5-18-15-19(21)6-3-7-20(18)23-12-10-17(2)30-23/h13-14,17-22,24-25H,5-12,15-16,23H2,1-4H3;13-14,17-23,25H,5-12,15-16,24H2,1-4H3;3-14H,15H2,1-2H3. The van der Waals surface area contributed by atoms with Gasteiger partial charge in [-0.25, -0.2) is 0 Å². The van der Waals surface area contributed by atoms with Crippen LogP contribution in [0.2, 0.25) is 0 Å². The fourth-order valence-electron chi connectivity index (χ4n) is 17.2. The van der Waals surface area contributed by atoms with Crippen molar-refractivity contribution in [2.75, 3.05) is 0 Å². The van der Waals surface area contributed by atoms with Crippen molar-refractivity contribution in [2.24, 2.45) is 0 Å². The third kappa shape index (κ3) is 19.3. The van der Waals surface area contributed by atoms with Crippen molar-refractivity contribution >= 4 is 170 Å². The van der Waals surface area contributed by atoms with E-state index in [0.717, 1.165) is 65.2 Å². The second kappa shape index (κ2) is 40.2. The maximum absolute atomic E-state index is 4.76. The summed E-state index contributed by atoms with van der Waals surface area (Å²) >= 11 is 15.5. The summed E-state index contributed by atoms with van der Waals surface area (Å²) in [5.74, 6) is 0. The van der Waals surface area contributed by atoms with Gasteiger partial charge in [-0.15, -0.1) is 68.0 Å². The molecule has 0 unspecified atom stereocenters.